The van der Waals surface area contributed by atoms with E-state index in [9.17, 15) is 63.0 Å². The minimum absolute atomic E-state index is 0.101. The molecule has 0 aliphatic heterocycles. The molecule has 4 aromatic carbocycles. The molecule has 0 aliphatic carbocycles. The van der Waals surface area contributed by atoms with Crippen LogP contribution >= 0.6 is 0 Å². The number of benzene rings is 4. The number of carboxylic acid groups (broad SMARTS) is 2. The molecule has 0 radical (unpaired) electrons. The number of hydrogen-bond donors (Lipinski definition) is 2. The number of carboxylic acids is 2. The van der Waals surface area contributed by atoms with Gasteiger partial charge in [-0.05, 0) is 60.7 Å². The van der Waals surface area contributed by atoms with Crippen molar-refractivity contribution in [3.63, 3.8) is 0 Å². The van der Waals surface area contributed by atoms with Crippen molar-refractivity contribution in [2.75, 3.05) is 21.7 Å². The van der Waals surface area contributed by atoms with Gasteiger partial charge in [-0.3, -0.25) is 18.2 Å². The van der Waals surface area contributed by atoms with Crippen LogP contribution < -0.4 is 18.1 Å². The van der Waals surface area contributed by atoms with Crippen LogP contribution in [0.2, 0.25) is 0 Å². The van der Waals surface area contributed by atoms with Gasteiger partial charge in [0.25, 0.3) is 20.0 Å². The second-order valence-electron chi connectivity index (χ2n) is 9.50. The zero-order valence-electron chi connectivity index (χ0n) is 23.6. The summed E-state index contributed by atoms with van der Waals surface area (Å²) in [4.78, 5) is 22.4. The number of rotatable bonds is 12. The molecule has 48 heavy (non-hydrogen) atoms. The van der Waals surface area contributed by atoms with E-state index in [0.29, 0.717) is 32.9 Å². The molecule has 0 atom stereocenters. The van der Waals surface area contributed by atoms with Crippen LogP contribution in [0.1, 0.15) is 0 Å². The van der Waals surface area contributed by atoms with E-state index < -0.39 is 79.1 Å². The Hall–Kier alpha value is -5.24. The fourth-order valence-electron chi connectivity index (χ4n) is 4.43. The summed E-state index contributed by atoms with van der Waals surface area (Å²) < 4.78 is 138. The number of anilines is 2. The van der Waals surface area contributed by atoms with Crippen molar-refractivity contribution in [2.45, 2.75) is 22.5 Å². The molecular weight excluding hydrogens is 702 g/mol. The van der Waals surface area contributed by atoms with E-state index in [1.807, 2.05) is 0 Å². The van der Waals surface area contributed by atoms with E-state index in [4.69, 9.17) is 0 Å². The summed E-state index contributed by atoms with van der Waals surface area (Å²) >= 11 is 0. The molecule has 4 aromatic rings. The summed E-state index contributed by atoms with van der Waals surface area (Å²) in [5.41, 5.74) is -0.678. The molecule has 0 saturated carbocycles. The van der Waals surface area contributed by atoms with Crippen molar-refractivity contribution < 1.29 is 72.5 Å². The number of nitrogens with zero attached hydrogens (tertiary/aromatic N) is 2. The normalized spacial score (nSPS) is 12.4. The van der Waals surface area contributed by atoms with E-state index >= 15 is 0 Å². The standard InChI is InChI=1S/C28H20F6N2O10S2/c29-27(30,31)45-17-5-9-19(10-6-17)47(41,42)35(15-25(37)38)23-13-14-24(22-4-2-1-3-21(22)23)36(16-26(39)40)48(43,44)20-11-7-18(8-12-20)46-28(32,33)34/h1-14H,15-16H2,(H,37,38)(H,39,40). The predicted molar refractivity (Wildman–Crippen MR) is 155 cm³/mol. The molecule has 0 bridgehead atoms. The summed E-state index contributed by atoms with van der Waals surface area (Å²) in [7, 11) is -9.69. The van der Waals surface area contributed by atoms with Crippen molar-refractivity contribution in [1.82, 2.24) is 0 Å². The molecule has 0 heterocycles. The van der Waals surface area contributed by atoms with Gasteiger partial charge >= 0.3 is 24.7 Å². The molecule has 4 rings (SSSR count). The maximum atomic E-state index is 13.7. The van der Waals surface area contributed by atoms with Crippen LogP contribution in [0, 0.1) is 0 Å². The lowest BCUT2D eigenvalue weighted by Gasteiger charge is -2.28. The Bertz CT molecular complexity index is 1910. The summed E-state index contributed by atoms with van der Waals surface area (Å²) in [6, 6.07) is 13.0. The largest absolute Gasteiger partial charge is 0.573 e. The molecule has 0 aliphatic rings. The topological polar surface area (TPSA) is 168 Å². The first-order valence-corrected chi connectivity index (χ1v) is 15.8. The van der Waals surface area contributed by atoms with Gasteiger partial charge in [-0.15, -0.1) is 26.3 Å². The molecule has 0 fully saturated rings. The van der Waals surface area contributed by atoms with Crippen molar-refractivity contribution in [3.05, 3.63) is 84.9 Å². The number of sulfonamides is 2. The molecule has 20 heteroatoms. The van der Waals surface area contributed by atoms with Gasteiger partial charge in [-0.1, -0.05) is 24.3 Å². The van der Waals surface area contributed by atoms with Gasteiger partial charge < -0.3 is 19.7 Å². The van der Waals surface area contributed by atoms with E-state index in [-0.39, 0.29) is 22.1 Å². The highest BCUT2D eigenvalue weighted by Gasteiger charge is 2.35. The van der Waals surface area contributed by atoms with Crippen LogP contribution in [-0.2, 0) is 29.6 Å². The van der Waals surface area contributed by atoms with Crippen molar-refractivity contribution in [1.29, 1.82) is 0 Å². The fraction of sp³-hybridized carbons (Fsp3) is 0.143. The lowest BCUT2D eigenvalue weighted by molar-refractivity contribution is -0.275. The zero-order chi connectivity index (χ0) is 35.7. The van der Waals surface area contributed by atoms with Crippen molar-refractivity contribution >= 4 is 54.1 Å². The van der Waals surface area contributed by atoms with Gasteiger partial charge in [-0.25, -0.2) is 16.8 Å². The number of halogens is 6. The average molecular weight is 723 g/mol. The molecule has 0 saturated heterocycles. The van der Waals surface area contributed by atoms with Crippen LogP contribution in [0.4, 0.5) is 37.7 Å². The first kappa shape index (κ1) is 35.6. The lowest BCUT2D eigenvalue weighted by Crippen LogP contribution is -2.37. The number of alkyl halides is 6. The fourth-order valence-corrected chi connectivity index (χ4v) is 7.29. The number of ether oxygens (including phenoxy) is 2. The predicted octanol–water partition coefficient (Wildman–Crippen LogP) is 5.20. The highest BCUT2D eigenvalue weighted by molar-refractivity contribution is 7.93. The maximum Gasteiger partial charge on any atom is 0.573 e. The minimum atomic E-state index is -5.08. The number of fused-ring (bicyclic) bond motifs is 1. The maximum absolute atomic E-state index is 13.7. The summed E-state index contributed by atoms with van der Waals surface area (Å²) in [6.07, 6.45) is -10.2. The van der Waals surface area contributed by atoms with Crippen LogP contribution in [0.25, 0.3) is 10.8 Å². The highest BCUT2D eigenvalue weighted by atomic mass is 32.2. The average Bonchev–Trinajstić information content (AvgIpc) is 2.97. The van der Waals surface area contributed by atoms with E-state index in [2.05, 4.69) is 9.47 Å². The Morgan fingerprint density at radius 2 is 0.875 bits per heavy atom. The Labute approximate surface area is 267 Å². The van der Waals surface area contributed by atoms with Crippen molar-refractivity contribution in [2.24, 2.45) is 0 Å². The smallest absolute Gasteiger partial charge is 0.480 e. The van der Waals surface area contributed by atoms with E-state index in [1.54, 1.807) is 0 Å². The quantitative estimate of drug-likeness (QED) is 0.186. The molecular formula is C28H20F6N2O10S2. The second-order valence-corrected chi connectivity index (χ2v) is 13.2. The molecule has 0 amide bonds. The van der Waals surface area contributed by atoms with Gasteiger partial charge in [0.1, 0.15) is 24.6 Å². The summed E-state index contributed by atoms with van der Waals surface area (Å²) in [5, 5.41) is 19.0. The Balaban J connectivity index is 1.85. The van der Waals surface area contributed by atoms with E-state index in [1.165, 1.54) is 24.3 Å². The van der Waals surface area contributed by atoms with Gasteiger partial charge in [0.15, 0.2) is 0 Å². The summed E-state index contributed by atoms with van der Waals surface area (Å²) in [6.45, 7) is -2.42. The molecule has 2 N–H and O–H groups in total. The second kappa shape index (κ2) is 13.1. The van der Waals surface area contributed by atoms with Gasteiger partial charge in [0, 0.05) is 10.8 Å². The number of hydrogen-bond acceptors (Lipinski definition) is 8. The van der Waals surface area contributed by atoms with Gasteiger partial charge in [0.05, 0.1) is 21.2 Å². The van der Waals surface area contributed by atoms with Crippen molar-refractivity contribution in [3.8, 4) is 11.5 Å². The molecule has 12 nitrogen and oxygen atoms in total. The molecule has 0 unspecified atom stereocenters. The van der Waals surface area contributed by atoms with Crippen LogP contribution in [-0.4, -0.2) is 64.8 Å². The first-order chi connectivity index (χ1) is 22.2. The first-order valence-electron chi connectivity index (χ1n) is 12.9. The SMILES string of the molecule is O=C(O)CN(c1ccc(N(CC(=O)O)S(=O)(=O)c2ccc(OC(F)(F)F)cc2)c2ccccc12)S(=O)(=O)c1ccc(OC(F)(F)F)cc1. The monoisotopic (exact) mass is 722 g/mol. The van der Waals surface area contributed by atoms with Crippen LogP contribution in [0.5, 0.6) is 11.5 Å². The zero-order valence-corrected chi connectivity index (χ0v) is 25.3. The minimum Gasteiger partial charge on any atom is -0.480 e. The number of carbonyl (C=O) groups is 2. The third-order valence-corrected chi connectivity index (χ3v) is 9.81. The third kappa shape index (κ3) is 8.18. The highest BCUT2D eigenvalue weighted by Crippen LogP contribution is 2.39. The van der Waals surface area contributed by atoms with Gasteiger partial charge in [-0.2, -0.15) is 0 Å². The van der Waals surface area contributed by atoms with E-state index in [0.717, 1.165) is 36.4 Å². The summed E-state index contributed by atoms with van der Waals surface area (Å²) in [5.74, 6) is -4.83. The van der Waals surface area contributed by atoms with Crippen LogP contribution in [0.15, 0.2) is 94.7 Å². The molecule has 0 aromatic heterocycles. The Morgan fingerprint density at radius 1 is 0.562 bits per heavy atom. The number of aliphatic carboxylic acids is 2. The molecule has 0 spiro atoms. The van der Waals surface area contributed by atoms with Gasteiger partial charge in [0.2, 0.25) is 0 Å². The Kier molecular flexibility index (Phi) is 9.72. The third-order valence-electron chi connectivity index (χ3n) is 6.26. The van der Waals surface area contributed by atoms with Crippen LogP contribution in [0.3, 0.4) is 0 Å². The molecule has 256 valence electrons. The lowest BCUT2D eigenvalue weighted by atomic mass is 10.1. The Morgan fingerprint density at radius 3 is 1.15 bits per heavy atom.